The number of carboxylic acid groups (broad SMARTS) is 1. The first-order valence-electron chi connectivity index (χ1n) is 8.68. The van der Waals surface area contributed by atoms with E-state index in [1.54, 1.807) is 18.3 Å². The summed E-state index contributed by atoms with van der Waals surface area (Å²) >= 11 is 0. The minimum Gasteiger partial charge on any atom is -0.534 e. The zero-order chi connectivity index (χ0) is 19.0. The van der Waals surface area contributed by atoms with Crippen LogP contribution in [0.15, 0.2) is 30.5 Å². The largest absolute Gasteiger partial charge is 0.547 e. The Balaban J connectivity index is 1.44. The van der Waals surface area contributed by atoms with Gasteiger partial charge in [-0.1, -0.05) is 18.2 Å². The lowest BCUT2D eigenvalue weighted by Gasteiger charge is -2.28. The van der Waals surface area contributed by atoms with Crippen LogP contribution in [0.1, 0.15) is 32.7 Å². The van der Waals surface area contributed by atoms with Crippen LogP contribution in [0.3, 0.4) is 0 Å². The zero-order valence-electron chi connectivity index (χ0n) is 14.4. The predicted octanol–water partition coefficient (Wildman–Crippen LogP) is 0.0651. The molecule has 0 saturated heterocycles. The molecule has 1 aromatic carbocycles. The fourth-order valence-electron chi connectivity index (χ4n) is 3.47. The van der Waals surface area contributed by atoms with Gasteiger partial charge in [0.2, 0.25) is 5.91 Å². The lowest BCUT2D eigenvalue weighted by atomic mass is 9.72. The first-order chi connectivity index (χ1) is 13.0. The van der Waals surface area contributed by atoms with Crippen LogP contribution in [0.4, 0.5) is 0 Å². The van der Waals surface area contributed by atoms with E-state index in [1.807, 2.05) is 6.07 Å². The van der Waals surface area contributed by atoms with Crippen molar-refractivity contribution in [3.05, 3.63) is 58.4 Å². The number of fused-ring (bicyclic) bond motifs is 2. The van der Waals surface area contributed by atoms with Gasteiger partial charge in [0.25, 0.3) is 0 Å². The van der Waals surface area contributed by atoms with E-state index in [0.29, 0.717) is 5.56 Å². The van der Waals surface area contributed by atoms with Crippen LogP contribution in [0.5, 0.6) is 5.75 Å². The maximum Gasteiger partial charge on any atom is 0.547 e. The maximum atomic E-state index is 12.4. The SMILES string of the molecule is O=C(Cc1cnc2c(c1)CNC2)NC1Cc2cccc(C(=O)O)c2OB1O. The summed E-state index contributed by atoms with van der Waals surface area (Å²) in [5.41, 5.74) is 3.53. The van der Waals surface area contributed by atoms with Crippen molar-refractivity contribution in [2.24, 2.45) is 0 Å². The third kappa shape index (κ3) is 3.51. The lowest BCUT2D eigenvalue weighted by molar-refractivity contribution is -0.120. The van der Waals surface area contributed by atoms with E-state index in [1.165, 1.54) is 6.07 Å². The van der Waals surface area contributed by atoms with Crippen molar-refractivity contribution in [1.82, 2.24) is 15.6 Å². The van der Waals surface area contributed by atoms with E-state index < -0.39 is 19.0 Å². The molecular weight excluding hydrogens is 349 g/mol. The van der Waals surface area contributed by atoms with Gasteiger partial charge in [-0.05, 0) is 29.2 Å². The Morgan fingerprint density at radius 2 is 2.19 bits per heavy atom. The number of carbonyl (C=O) groups is 2. The second-order valence-electron chi connectivity index (χ2n) is 6.72. The average molecular weight is 367 g/mol. The number of aromatic carboxylic acids is 1. The van der Waals surface area contributed by atoms with Crippen molar-refractivity contribution >= 4 is 19.0 Å². The Bertz CT molecular complexity index is 920. The summed E-state index contributed by atoms with van der Waals surface area (Å²) in [5.74, 6) is -1.88. The molecule has 1 aromatic heterocycles. The van der Waals surface area contributed by atoms with Crippen LogP contribution < -0.4 is 15.3 Å². The molecule has 9 heteroatoms. The van der Waals surface area contributed by atoms with Crippen molar-refractivity contribution in [2.75, 3.05) is 0 Å². The van der Waals surface area contributed by atoms with Gasteiger partial charge in [-0.2, -0.15) is 0 Å². The number of amides is 1. The molecule has 2 aliphatic heterocycles. The van der Waals surface area contributed by atoms with E-state index in [2.05, 4.69) is 15.6 Å². The molecule has 2 aliphatic rings. The fourth-order valence-corrected chi connectivity index (χ4v) is 3.47. The maximum absolute atomic E-state index is 12.4. The Hall–Kier alpha value is -2.91. The Labute approximate surface area is 155 Å². The third-order valence-electron chi connectivity index (χ3n) is 4.79. The van der Waals surface area contributed by atoms with Crippen LogP contribution in [-0.4, -0.2) is 40.1 Å². The number of carboxylic acids is 1. The molecule has 138 valence electrons. The highest BCUT2D eigenvalue weighted by atomic mass is 16.5. The average Bonchev–Trinajstić information content (AvgIpc) is 3.09. The van der Waals surface area contributed by atoms with Crippen molar-refractivity contribution in [3.63, 3.8) is 0 Å². The first kappa shape index (κ1) is 17.5. The van der Waals surface area contributed by atoms with Crippen LogP contribution in [0.25, 0.3) is 0 Å². The number of hydrogen-bond donors (Lipinski definition) is 4. The number of nitrogens with one attached hydrogen (secondary N) is 2. The molecule has 0 radical (unpaired) electrons. The number of pyridine rings is 1. The highest BCUT2D eigenvalue weighted by molar-refractivity contribution is 6.47. The van der Waals surface area contributed by atoms with Crippen LogP contribution in [0.2, 0.25) is 0 Å². The van der Waals surface area contributed by atoms with Gasteiger partial charge in [-0.15, -0.1) is 0 Å². The molecule has 0 saturated carbocycles. The molecule has 4 rings (SSSR count). The van der Waals surface area contributed by atoms with Crippen LogP contribution in [-0.2, 0) is 30.7 Å². The summed E-state index contributed by atoms with van der Waals surface area (Å²) in [6, 6.07) is 6.73. The molecule has 27 heavy (non-hydrogen) atoms. The summed E-state index contributed by atoms with van der Waals surface area (Å²) < 4.78 is 5.39. The van der Waals surface area contributed by atoms with Crippen molar-refractivity contribution < 1.29 is 24.4 Å². The molecule has 1 amide bonds. The van der Waals surface area contributed by atoms with Gasteiger partial charge in [0.1, 0.15) is 5.75 Å². The van der Waals surface area contributed by atoms with Crippen molar-refractivity contribution in [1.29, 1.82) is 0 Å². The highest BCUT2D eigenvalue weighted by Gasteiger charge is 2.37. The number of rotatable bonds is 4. The molecule has 2 aromatic rings. The molecule has 0 fully saturated rings. The Morgan fingerprint density at radius 3 is 3.00 bits per heavy atom. The molecule has 8 nitrogen and oxygen atoms in total. The smallest absolute Gasteiger partial charge is 0.534 e. The Kier molecular flexibility index (Phi) is 4.55. The third-order valence-corrected chi connectivity index (χ3v) is 4.79. The van der Waals surface area contributed by atoms with Gasteiger partial charge in [-0.25, -0.2) is 4.79 Å². The number of aromatic nitrogens is 1. The predicted molar refractivity (Wildman–Crippen MR) is 96.1 cm³/mol. The van der Waals surface area contributed by atoms with Gasteiger partial charge in [0.05, 0.1) is 23.6 Å². The normalized spacial score (nSPS) is 17.7. The molecule has 3 heterocycles. The fraction of sp³-hybridized carbons (Fsp3) is 0.278. The molecule has 1 unspecified atom stereocenters. The van der Waals surface area contributed by atoms with Crippen molar-refractivity contribution in [3.8, 4) is 5.75 Å². The summed E-state index contributed by atoms with van der Waals surface area (Å²) in [5, 5.41) is 25.4. The monoisotopic (exact) mass is 367 g/mol. The highest BCUT2D eigenvalue weighted by Crippen LogP contribution is 2.30. The molecule has 4 N–H and O–H groups in total. The molecule has 0 aliphatic carbocycles. The van der Waals surface area contributed by atoms with E-state index in [0.717, 1.165) is 29.9 Å². The molecule has 0 bridgehead atoms. The first-order valence-corrected chi connectivity index (χ1v) is 8.68. The van der Waals surface area contributed by atoms with Gasteiger partial charge < -0.3 is 25.4 Å². The minimum atomic E-state index is -1.32. The quantitative estimate of drug-likeness (QED) is 0.564. The standard InChI is InChI=1S/C18H18BN3O5/c23-16(5-10-4-12-8-20-9-14(12)21-7-10)22-15-6-11-2-1-3-13(18(24)25)17(11)27-19(15)26/h1-4,7,15,20,26H,5-6,8-9H2,(H,22,23)(H,24,25). The van der Waals surface area contributed by atoms with E-state index in [9.17, 15) is 19.7 Å². The molecular formula is C18H18BN3O5. The van der Waals surface area contributed by atoms with Crippen LogP contribution in [0, 0.1) is 0 Å². The summed E-state index contributed by atoms with van der Waals surface area (Å²) in [6.45, 7) is 1.49. The topological polar surface area (TPSA) is 121 Å². The second-order valence-corrected chi connectivity index (χ2v) is 6.72. The van der Waals surface area contributed by atoms with Gasteiger partial charge in [0, 0.05) is 19.3 Å². The summed E-state index contributed by atoms with van der Waals surface area (Å²) in [4.78, 5) is 28.0. The van der Waals surface area contributed by atoms with E-state index in [4.69, 9.17) is 4.65 Å². The number of para-hydroxylation sites is 1. The van der Waals surface area contributed by atoms with Gasteiger partial charge in [0.15, 0.2) is 0 Å². The van der Waals surface area contributed by atoms with Crippen molar-refractivity contribution in [2.45, 2.75) is 31.9 Å². The van der Waals surface area contributed by atoms with E-state index in [-0.39, 0.29) is 30.1 Å². The summed E-state index contributed by atoms with van der Waals surface area (Å²) in [6.07, 6.45) is 2.12. The lowest BCUT2D eigenvalue weighted by Crippen LogP contribution is -2.53. The Morgan fingerprint density at radius 1 is 1.33 bits per heavy atom. The number of nitrogens with zero attached hydrogens (tertiary/aromatic N) is 1. The van der Waals surface area contributed by atoms with Gasteiger partial charge >= 0.3 is 13.1 Å². The van der Waals surface area contributed by atoms with E-state index >= 15 is 0 Å². The summed E-state index contributed by atoms with van der Waals surface area (Å²) in [7, 11) is -1.32. The second kappa shape index (κ2) is 7.01. The number of benzene rings is 1. The molecule has 0 spiro atoms. The van der Waals surface area contributed by atoms with Gasteiger partial charge in [-0.3, -0.25) is 9.78 Å². The molecule has 1 atom stereocenters. The zero-order valence-corrected chi connectivity index (χ0v) is 14.4. The van der Waals surface area contributed by atoms with Crippen LogP contribution >= 0.6 is 0 Å². The minimum absolute atomic E-state index is 0.00542. The number of hydrogen-bond acceptors (Lipinski definition) is 6. The number of carbonyl (C=O) groups excluding carboxylic acids is 1.